The maximum Gasteiger partial charge on any atom is 0.192 e. The second-order valence-corrected chi connectivity index (χ2v) is 13.8. The normalized spacial score (nSPS) is 20.6. The van der Waals surface area contributed by atoms with Crippen LogP contribution in [0.25, 0.3) is 0 Å². The molecule has 0 unspecified atom stereocenters. The van der Waals surface area contributed by atoms with Gasteiger partial charge in [-0.25, -0.2) is 0 Å². The van der Waals surface area contributed by atoms with E-state index in [1.165, 1.54) is 31.3 Å². The lowest BCUT2D eigenvalue weighted by Gasteiger charge is -2.40. The Hall–Kier alpha value is -0.413. The summed E-state index contributed by atoms with van der Waals surface area (Å²) in [4.78, 5) is 11.6. The van der Waals surface area contributed by atoms with Gasteiger partial charge in [0.1, 0.15) is 5.78 Å². The quantitative estimate of drug-likeness (QED) is 0.263. The molecular formula is C21H40O2Si. The molecule has 0 heterocycles. The molecular weight excluding hydrogens is 312 g/mol. The van der Waals surface area contributed by atoms with Crippen molar-refractivity contribution in [3.8, 4) is 0 Å². The number of carbonyl (C=O) groups is 1. The molecule has 0 N–H and O–H groups in total. The molecule has 0 aromatic carbocycles. The topological polar surface area (TPSA) is 26.3 Å². The van der Waals surface area contributed by atoms with Gasteiger partial charge in [0.15, 0.2) is 8.32 Å². The van der Waals surface area contributed by atoms with Gasteiger partial charge in [-0.15, -0.1) is 0 Å². The molecule has 0 aliphatic heterocycles. The molecule has 0 aromatic heterocycles. The monoisotopic (exact) mass is 352 g/mol. The summed E-state index contributed by atoms with van der Waals surface area (Å²) in [6, 6.07) is 0. The Balaban J connectivity index is 2.80. The van der Waals surface area contributed by atoms with Crippen LogP contribution < -0.4 is 0 Å². The fourth-order valence-corrected chi connectivity index (χ4v) is 4.46. The van der Waals surface area contributed by atoms with E-state index in [0.717, 1.165) is 25.7 Å². The van der Waals surface area contributed by atoms with Gasteiger partial charge in [-0.05, 0) is 56.3 Å². The largest absolute Gasteiger partial charge is 0.410 e. The summed E-state index contributed by atoms with van der Waals surface area (Å²) in [5.41, 5.74) is 1.47. The number of allylic oxidation sites excluding steroid dienone is 1. The van der Waals surface area contributed by atoms with Crippen LogP contribution in [0.4, 0.5) is 0 Å². The number of unbranched alkanes of at least 4 members (excludes halogenated alkanes) is 3. The number of hydrogen-bond acceptors (Lipinski definition) is 2. The van der Waals surface area contributed by atoms with Crippen molar-refractivity contribution in [2.75, 3.05) is 0 Å². The Morgan fingerprint density at radius 2 is 1.96 bits per heavy atom. The maximum atomic E-state index is 11.6. The van der Waals surface area contributed by atoms with E-state index in [1.54, 1.807) is 6.92 Å². The highest BCUT2D eigenvalue weighted by Gasteiger charge is 2.40. The zero-order valence-corrected chi connectivity index (χ0v) is 18.2. The van der Waals surface area contributed by atoms with Gasteiger partial charge in [0.2, 0.25) is 0 Å². The third-order valence-electron chi connectivity index (χ3n) is 6.00. The van der Waals surface area contributed by atoms with Gasteiger partial charge in [-0.1, -0.05) is 59.5 Å². The predicted octanol–water partition coefficient (Wildman–Crippen LogP) is 6.66. The minimum atomic E-state index is -1.77. The maximum absolute atomic E-state index is 11.6. The first-order valence-corrected chi connectivity index (χ1v) is 12.9. The summed E-state index contributed by atoms with van der Waals surface area (Å²) in [5.74, 6) is 0.581. The zero-order valence-electron chi connectivity index (χ0n) is 17.2. The lowest BCUT2D eigenvalue weighted by Crippen LogP contribution is -2.44. The highest BCUT2D eigenvalue weighted by molar-refractivity contribution is 6.74. The predicted molar refractivity (Wildman–Crippen MR) is 107 cm³/mol. The highest BCUT2D eigenvalue weighted by Crippen LogP contribution is 2.40. The second-order valence-electron chi connectivity index (χ2n) is 9.08. The molecule has 2 nitrogen and oxygen atoms in total. The average molecular weight is 353 g/mol. The van der Waals surface area contributed by atoms with Gasteiger partial charge in [0, 0.05) is 5.92 Å². The van der Waals surface area contributed by atoms with Gasteiger partial charge < -0.3 is 4.43 Å². The van der Waals surface area contributed by atoms with Crippen molar-refractivity contribution in [2.24, 2.45) is 5.92 Å². The summed E-state index contributed by atoms with van der Waals surface area (Å²) in [6.45, 7) is 15.6. The minimum absolute atomic E-state index is 0.238. The Morgan fingerprint density at radius 3 is 2.42 bits per heavy atom. The van der Waals surface area contributed by atoms with E-state index >= 15 is 0 Å². The van der Waals surface area contributed by atoms with Crippen LogP contribution in [0.3, 0.4) is 0 Å². The average Bonchev–Trinajstić information content (AvgIpc) is 2.49. The Kier molecular flexibility index (Phi) is 8.41. The first-order chi connectivity index (χ1) is 11.1. The Morgan fingerprint density at radius 1 is 1.29 bits per heavy atom. The highest BCUT2D eigenvalue weighted by atomic mass is 28.4. The third kappa shape index (κ3) is 6.48. The SMILES string of the molecule is CCCCCC[C@@H](O[Si](C)(C)C(C)(C)C)C1=CC[C@H](C(C)=O)CC1. The van der Waals surface area contributed by atoms with Gasteiger partial charge >= 0.3 is 0 Å². The molecule has 2 atom stereocenters. The Labute approximate surface area is 151 Å². The van der Waals surface area contributed by atoms with Crippen LogP contribution in [0.2, 0.25) is 18.1 Å². The van der Waals surface area contributed by atoms with E-state index in [4.69, 9.17) is 4.43 Å². The first-order valence-electron chi connectivity index (χ1n) is 9.95. The molecule has 0 bridgehead atoms. The molecule has 0 saturated carbocycles. The third-order valence-corrected chi connectivity index (χ3v) is 10.5. The van der Waals surface area contributed by atoms with Crippen LogP contribution in [0.5, 0.6) is 0 Å². The van der Waals surface area contributed by atoms with Crippen molar-refractivity contribution in [3.63, 3.8) is 0 Å². The summed E-state index contributed by atoms with van der Waals surface area (Å²) >= 11 is 0. The molecule has 0 aromatic rings. The van der Waals surface area contributed by atoms with E-state index in [2.05, 4.69) is 46.9 Å². The fraction of sp³-hybridized carbons (Fsp3) is 0.857. The van der Waals surface area contributed by atoms with Crippen molar-refractivity contribution < 1.29 is 9.22 Å². The van der Waals surface area contributed by atoms with Crippen LogP contribution in [0.1, 0.15) is 86.0 Å². The molecule has 3 heteroatoms. The van der Waals surface area contributed by atoms with Crippen molar-refractivity contribution in [1.29, 1.82) is 0 Å². The van der Waals surface area contributed by atoms with Crippen molar-refractivity contribution in [3.05, 3.63) is 11.6 Å². The molecule has 24 heavy (non-hydrogen) atoms. The molecule has 0 amide bonds. The lowest BCUT2D eigenvalue weighted by atomic mass is 9.84. The van der Waals surface area contributed by atoms with Crippen molar-refractivity contribution >= 4 is 14.1 Å². The van der Waals surface area contributed by atoms with Gasteiger partial charge in [0.25, 0.3) is 0 Å². The van der Waals surface area contributed by atoms with Crippen LogP contribution in [0.15, 0.2) is 11.6 Å². The fourth-order valence-electron chi connectivity index (χ4n) is 3.13. The Bertz CT molecular complexity index is 432. The van der Waals surface area contributed by atoms with E-state index in [9.17, 15) is 4.79 Å². The zero-order chi connectivity index (χ0) is 18.4. The molecule has 1 aliphatic carbocycles. The summed E-state index contributed by atoms with van der Waals surface area (Å²) in [5, 5.41) is 0.242. The van der Waals surface area contributed by atoms with Crippen LogP contribution >= 0.6 is 0 Å². The first kappa shape index (κ1) is 21.6. The molecule has 0 radical (unpaired) electrons. The molecule has 1 rings (SSSR count). The second kappa shape index (κ2) is 9.33. The van der Waals surface area contributed by atoms with Gasteiger partial charge in [-0.2, -0.15) is 0 Å². The number of rotatable bonds is 9. The van der Waals surface area contributed by atoms with E-state index < -0.39 is 8.32 Å². The number of ketones is 1. The summed E-state index contributed by atoms with van der Waals surface area (Å²) in [6.07, 6.45) is 11.8. The van der Waals surface area contributed by atoms with Crippen LogP contribution in [-0.4, -0.2) is 20.2 Å². The van der Waals surface area contributed by atoms with Gasteiger partial charge in [0.05, 0.1) is 6.10 Å². The summed E-state index contributed by atoms with van der Waals surface area (Å²) < 4.78 is 6.80. The number of Topliss-reactive ketones (excluding diaryl/α,β-unsaturated/α-hetero) is 1. The number of hydrogen-bond donors (Lipinski definition) is 0. The molecule has 0 fully saturated rings. The van der Waals surface area contributed by atoms with Crippen LogP contribution in [-0.2, 0) is 9.22 Å². The van der Waals surface area contributed by atoms with E-state index in [-0.39, 0.29) is 17.1 Å². The molecule has 0 saturated heterocycles. The molecule has 140 valence electrons. The smallest absolute Gasteiger partial charge is 0.192 e. The van der Waals surface area contributed by atoms with Crippen molar-refractivity contribution in [2.45, 2.75) is 110 Å². The van der Waals surface area contributed by atoms with E-state index in [1.807, 2.05) is 0 Å². The minimum Gasteiger partial charge on any atom is -0.410 e. The summed E-state index contributed by atoms with van der Waals surface area (Å²) in [7, 11) is -1.77. The van der Waals surface area contributed by atoms with Crippen LogP contribution in [0, 0.1) is 5.92 Å². The van der Waals surface area contributed by atoms with Crippen molar-refractivity contribution in [1.82, 2.24) is 0 Å². The molecule has 0 spiro atoms. The number of carbonyl (C=O) groups excluding carboxylic acids is 1. The van der Waals surface area contributed by atoms with E-state index in [0.29, 0.717) is 5.78 Å². The lowest BCUT2D eigenvalue weighted by molar-refractivity contribution is -0.120. The molecule has 1 aliphatic rings. The standard InChI is InChI=1S/C21H40O2Si/c1-8-9-10-11-12-20(23-24(6,7)21(3,4)5)19-15-13-18(14-16-19)17(2)22/h15,18,20H,8-14,16H2,1-7H3/t18-,20+/m0/s1. The van der Waals surface area contributed by atoms with Gasteiger partial charge in [-0.3, -0.25) is 4.79 Å².